The molecule has 7 heteroatoms. The number of aromatic nitrogens is 5. The largest absolute Gasteiger partial charge is 0.355 e. The molecule has 5 aromatic heterocycles. The molecule has 0 aliphatic carbocycles. The zero-order valence-electron chi connectivity index (χ0n) is 75.7. The summed E-state index contributed by atoms with van der Waals surface area (Å²) in [6, 6.07) is 188. The highest BCUT2D eigenvalue weighted by Crippen LogP contribution is 2.46. The van der Waals surface area contributed by atoms with E-state index in [1.165, 1.54) is 198 Å². The van der Waals surface area contributed by atoms with Crippen molar-refractivity contribution < 1.29 is 0 Å². The number of fused-ring (bicyclic) bond motifs is 15. The molecule has 22 aromatic carbocycles. The molecule has 5 nitrogen and oxygen atoms in total. The van der Waals surface area contributed by atoms with Crippen molar-refractivity contribution in [3.63, 3.8) is 0 Å². The second-order valence-electron chi connectivity index (χ2n) is 35.7. The van der Waals surface area contributed by atoms with Gasteiger partial charge in [0.15, 0.2) is 0 Å². The average Bonchev–Trinajstić information content (AvgIpc) is 1.58. The van der Waals surface area contributed by atoms with Crippen molar-refractivity contribution in [2.24, 2.45) is 0 Å². The van der Waals surface area contributed by atoms with E-state index in [-0.39, 0.29) is 0 Å². The van der Waals surface area contributed by atoms with Crippen LogP contribution in [0, 0.1) is 0 Å². The van der Waals surface area contributed by atoms with Crippen LogP contribution in [-0.4, -0.2) is 23.3 Å². The van der Waals surface area contributed by atoms with Gasteiger partial charge in [0.1, 0.15) is 0 Å². The van der Waals surface area contributed by atoms with Crippen molar-refractivity contribution in [3.8, 4) is 134 Å². The molecule has 0 amide bonds. The van der Waals surface area contributed by atoms with Crippen LogP contribution in [0.15, 0.2) is 522 Å². The Kier molecular flexibility index (Phi) is 21.4. The summed E-state index contributed by atoms with van der Waals surface area (Å²) in [5.41, 5.74) is 40.2. The topological polar surface area (TPSA) is 35.5 Å². The van der Waals surface area contributed by atoms with Crippen LogP contribution in [0.4, 0.5) is 0 Å². The molecule has 0 saturated heterocycles. The van der Waals surface area contributed by atoms with Crippen molar-refractivity contribution >= 4 is 132 Å². The zero-order valence-corrected chi connectivity index (χ0v) is 77.2. The Bertz CT molecular complexity index is 8750. The SMILES string of the molecule is Clc1ccc(-c2ccc(-c3ccc4c(c3)c3cc(-c5ccc(-c6ccc(Cl)cc6)cc5)ccc3n4-c3ccccc3-c3ccccc3)cc2)cc1.c1ccc(-c2ccccc2-n2c3ccc(-c4ccc(-c5ccc(-n6c7ccccc7c7ccccc76)cc5)cc4)cc3c3cc(-c4ccc(-c5ccc(-n6c7ccccc7c7ccccc76)cc5)cc4)ccc32)cc1.c1ccc2c(c1)[nH]c1ccccc12. The van der Waals surface area contributed by atoms with Gasteiger partial charge in [0.2, 0.25) is 0 Å². The van der Waals surface area contributed by atoms with Crippen molar-refractivity contribution in [2.45, 2.75) is 0 Å². The van der Waals surface area contributed by atoms with Crippen LogP contribution < -0.4 is 0 Å². The lowest BCUT2D eigenvalue weighted by molar-refractivity contribution is 1.18. The standard InChI is InChI=1S/C72H47N3.C48H31Cl2N.C12H9N/c1-2-14-54(15-3-1)59-16-4-9-21-66(59)75-71-44-38-55(52-30-26-48(27-31-52)50-34-40-57(41-35-50)73-67-22-10-5-17-60(67)61-18-6-11-23-68(61)73)46-64(71)65-47-56(39-45-72(65)75)53-32-28-49(29-33-53)51-36-42-58(43-37-51)74-69-24-12-7-19-62(69)63-20-8-13-25-70(63)74;49-41-24-18-34(19-25-41)32-10-14-36(15-11-32)39-22-28-47-44(30-39)45-31-40(37-16-12-33(13-17-37)35-20-26-42(50)27-21-35)23-29-48(45)51(47)46-9-5-4-8-43(46)38-6-2-1-3-7-38;1-3-7-11-9(5-1)10-6-2-4-8-12(10)13-11/h1-47H;1-31H;1-8,13H. The summed E-state index contributed by atoms with van der Waals surface area (Å²) in [5.74, 6) is 0. The number of nitrogens with zero attached hydrogens (tertiary/aromatic N) is 4. The maximum absolute atomic E-state index is 6.15. The summed E-state index contributed by atoms with van der Waals surface area (Å²) in [5, 5.41) is 14.0. The maximum atomic E-state index is 6.15. The Labute approximate surface area is 815 Å². The van der Waals surface area contributed by atoms with Crippen LogP contribution in [0.5, 0.6) is 0 Å². The molecule has 0 radical (unpaired) electrons. The lowest BCUT2D eigenvalue weighted by atomic mass is 9.97. The summed E-state index contributed by atoms with van der Waals surface area (Å²) in [4.78, 5) is 3.38. The lowest BCUT2D eigenvalue weighted by Gasteiger charge is -2.14. The fourth-order valence-corrected chi connectivity index (χ4v) is 21.1. The van der Waals surface area contributed by atoms with Gasteiger partial charge in [-0.3, -0.25) is 0 Å². The highest BCUT2D eigenvalue weighted by atomic mass is 35.5. The van der Waals surface area contributed by atoms with Crippen molar-refractivity contribution in [1.29, 1.82) is 0 Å². The molecule has 0 saturated carbocycles. The van der Waals surface area contributed by atoms with Gasteiger partial charge in [-0.1, -0.05) is 399 Å². The van der Waals surface area contributed by atoms with E-state index in [1.54, 1.807) is 0 Å². The van der Waals surface area contributed by atoms with Gasteiger partial charge < -0.3 is 23.3 Å². The Hall–Kier alpha value is -17.6. The third-order valence-corrected chi connectivity index (χ3v) is 28.2. The fraction of sp³-hybridized carbons (Fsp3) is 0. The molecule has 139 heavy (non-hydrogen) atoms. The molecule has 0 unspecified atom stereocenters. The van der Waals surface area contributed by atoms with Gasteiger partial charge in [0.05, 0.1) is 55.5 Å². The van der Waals surface area contributed by atoms with E-state index in [9.17, 15) is 0 Å². The summed E-state index contributed by atoms with van der Waals surface area (Å²) >= 11 is 12.3. The first-order valence-corrected chi connectivity index (χ1v) is 48.0. The first kappa shape index (κ1) is 83.3. The number of aromatic amines is 1. The van der Waals surface area contributed by atoms with Gasteiger partial charge >= 0.3 is 0 Å². The minimum absolute atomic E-state index is 0.743. The van der Waals surface area contributed by atoms with Gasteiger partial charge in [0, 0.05) is 97.4 Å². The Balaban J connectivity index is 0.000000137. The number of halogens is 2. The van der Waals surface area contributed by atoms with E-state index < -0.39 is 0 Å². The molecule has 0 aliphatic rings. The molecule has 5 heterocycles. The van der Waals surface area contributed by atoms with Gasteiger partial charge in [-0.2, -0.15) is 0 Å². The summed E-state index contributed by atoms with van der Waals surface area (Å²) in [6.07, 6.45) is 0. The van der Waals surface area contributed by atoms with Gasteiger partial charge in [-0.05, 0) is 246 Å². The quantitative estimate of drug-likeness (QED) is 0.113. The van der Waals surface area contributed by atoms with Crippen LogP contribution in [0.2, 0.25) is 10.0 Å². The summed E-state index contributed by atoms with van der Waals surface area (Å²) in [7, 11) is 0. The lowest BCUT2D eigenvalue weighted by Crippen LogP contribution is -1.97. The van der Waals surface area contributed by atoms with E-state index in [4.69, 9.17) is 23.2 Å². The smallest absolute Gasteiger partial charge is 0.0541 e. The van der Waals surface area contributed by atoms with Crippen LogP contribution in [0.3, 0.4) is 0 Å². The predicted octanol–water partition coefficient (Wildman–Crippen LogP) is 37.1. The van der Waals surface area contributed by atoms with Crippen LogP contribution in [0.1, 0.15) is 0 Å². The van der Waals surface area contributed by atoms with E-state index in [1.807, 2.05) is 24.3 Å². The number of benzene rings is 22. The van der Waals surface area contributed by atoms with Gasteiger partial charge in [0.25, 0.3) is 0 Å². The second kappa shape index (κ2) is 35.7. The minimum atomic E-state index is 0.743. The summed E-state index contributed by atoms with van der Waals surface area (Å²) in [6.45, 7) is 0. The molecule has 27 aromatic rings. The van der Waals surface area contributed by atoms with Crippen molar-refractivity contribution in [2.75, 3.05) is 0 Å². The average molecular weight is 1810 g/mol. The van der Waals surface area contributed by atoms with Crippen molar-refractivity contribution in [3.05, 3.63) is 532 Å². The molecule has 27 rings (SSSR count). The Morgan fingerprint density at radius 1 is 0.137 bits per heavy atom. The second-order valence-corrected chi connectivity index (χ2v) is 36.6. The minimum Gasteiger partial charge on any atom is -0.355 e. The maximum Gasteiger partial charge on any atom is 0.0541 e. The number of H-pyrrole nitrogens is 1. The molecule has 1 N–H and O–H groups in total. The normalized spacial score (nSPS) is 11.5. The van der Waals surface area contributed by atoms with Crippen LogP contribution in [-0.2, 0) is 0 Å². The zero-order chi connectivity index (χ0) is 92.4. The van der Waals surface area contributed by atoms with Gasteiger partial charge in [-0.15, -0.1) is 0 Å². The molecular formula is C132H87Cl2N5. The van der Waals surface area contributed by atoms with Crippen molar-refractivity contribution in [1.82, 2.24) is 23.3 Å². The number of hydrogen-bond acceptors (Lipinski definition) is 0. The summed E-state index contributed by atoms with van der Waals surface area (Å²) < 4.78 is 9.63. The fourth-order valence-electron chi connectivity index (χ4n) is 20.9. The predicted molar refractivity (Wildman–Crippen MR) is 590 cm³/mol. The van der Waals surface area contributed by atoms with E-state index in [2.05, 4.69) is 521 Å². The Morgan fingerprint density at radius 3 is 0.619 bits per heavy atom. The first-order chi connectivity index (χ1) is 68.7. The third-order valence-electron chi connectivity index (χ3n) is 27.7. The van der Waals surface area contributed by atoms with E-state index >= 15 is 0 Å². The third kappa shape index (κ3) is 15.5. The molecule has 0 spiro atoms. The highest BCUT2D eigenvalue weighted by molar-refractivity contribution is 6.31. The molecule has 0 fully saturated rings. The number of para-hydroxylation sites is 8. The number of rotatable bonds is 14. The van der Waals surface area contributed by atoms with E-state index in [0.717, 1.165) is 55.0 Å². The first-order valence-electron chi connectivity index (χ1n) is 47.3. The number of hydrogen-bond donors (Lipinski definition) is 1. The highest BCUT2D eigenvalue weighted by Gasteiger charge is 2.23. The van der Waals surface area contributed by atoms with Crippen LogP contribution in [0.25, 0.3) is 243 Å². The molecule has 0 atom stereocenters. The molecule has 654 valence electrons. The van der Waals surface area contributed by atoms with Gasteiger partial charge in [-0.25, -0.2) is 0 Å². The Morgan fingerprint density at radius 2 is 0.338 bits per heavy atom. The molecule has 0 aliphatic heterocycles. The van der Waals surface area contributed by atoms with Crippen LogP contribution >= 0.6 is 23.2 Å². The number of nitrogens with one attached hydrogen (secondary N) is 1. The van der Waals surface area contributed by atoms with E-state index in [0.29, 0.717) is 0 Å². The molecular weight excluding hydrogens is 1730 g/mol. The molecule has 0 bridgehead atoms. The monoisotopic (exact) mass is 1810 g/mol.